The lowest BCUT2D eigenvalue weighted by Gasteiger charge is -2.05. The predicted molar refractivity (Wildman–Crippen MR) is 78.6 cm³/mol. The van der Waals surface area contributed by atoms with Crippen molar-refractivity contribution in [3.05, 3.63) is 46.7 Å². The third kappa shape index (κ3) is 3.15. The number of esters is 1. The van der Waals surface area contributed by atoms with Crippen LogP contribution in [0.25, 0.3) is 0 Å². The third-order valence-corrected chi connectivity index (χ3v) is 3.08. The third-order valence-electron chi connectivity index (χ3n) is 3.08. The van der Waals surface area contributed by atoms with Gasteiger partial charge in [0.05, 0.1) is 0 Å². The number of nitriles is 1. The van der Waals surface area contributed by atoms with Gasteiger partial charge in [-0.1, -0.05) is 6.07 Å². The largest absolute Gasteiger partial charge is 0.444 e. The van der Waals surface area contributed by atoms with Gasteiger partial charge in [0.15, 0.2) is 0 Å². The number of carbonyl (C=O) groups excluding carboxylic acids is 2. The lowest BCUT2D eigenvalue weighted by Crippen LogP contribution is -2.12. The monoisotopic (exact) mass is 298 g/mol. The fourth-order valence-electron chi connectivity index (χ4n) is 1.89. The maximum absolute atomic E-state index is 12.2. The van der Waals surface area contributed by atoms with E-state index in [-0.39, 0.29) is 17.2 Å². The molecule has 22 heavy (non-hydrogen) atoms. The van der Waals surface area contributed by atoms with Crippen LogP contribution in [0.5, 0.6) is 5.75 Å². The highest BCUT2D eigenvalue weighted by Gasteiger charge is 2.17. The Kier molecular flexibility index (Phi) is 4.28. The van der Waals surface area contributed by atoms with Crippen LogP contribution in [-0.2, 0) is 4.79 Å². The summed E-state index contributed by atoms with van der Waals surface area (Å²) in [5.74, 6) is 0.0224. The van der Waals surface area contributed by atoms with Crippen molar-refractivity contribution in [2.24, 2.45) is 0 Å². The Balaban J connectivity index is 2.25. The SMILES string of the molecule is CC(=O)Oc1cccc(C(=O)Nc2oc(C)c(C)c2C#N)c1. The second-order valence-corrected chi connectivity index (χ2v) is 4.67. The molecule has 0 aliphatic rings. The summed E-state index contributed by atoms with van der Waals surface area (Å²) in [6, 6.07) is 8.17. The van der Waals surface area contributed by atoms with E-state index in [1.54, 1.807) is 32.0 Å². The molecule has 0 saturated carbocycles. The number of anilines is 1. The smallest absolute Gasteiger partial charge is 0.308 e. The van der Waals surface area contributed by atoms with Crippen LogP contribution in [0.3, 0.4) is 0 Å². The highest BCUT2D eigenvalue weighted by atomic mass is 16.5. The van der Waals surface area contributed by atoms with Crippen LogP contribution in [0.2, 0.25) is 0 Å². The zero-order chi connectivity index (χ0) is 16.3. The molecule has 0 unspecified atom stereocenters. The minimum atomic E-state index is -0.471. The van der Waals surface area contributed by atoms with Gasteiger partial charge in [-0.2, -0.15) is 5.26 Å². The van der Waals surface area contributed by atoms with Crippen LogP contribution in [0.1, 0.15) is 34.2 Å². The van der Waals surface area contributed by atoms with Crippen LogP contribution in [0.15, 0.2) is 28.7 Å². The molecule has 1 amide bonds. The van der Waals surface area contributed by atoms with Crippen molar-refractivity contribution in [2.45, 2.75) is 20.8 Å². The summed E-state index contributed by atoms with van der Waals surface area (Å²) < 4.78 is 10.3. The van der Waals surface area contributed by atoms with E-state index in [4.69, 9.17) is 14.4 Å². The minimum Gasteiger partial charge on any atom is -0.444 e. The van der Waals surface area contributed by atoms with E-state index in [1.807, 2.05) is 6.07 Å². The Morgan fingerprint density at radius 2 is 2.05 bits per heavy atom. The van der Waals surface area contributed by atoms with E-state index in [0.717, 1.165) is 0 Å². The van der Waals surface area contributed by atoms with Crippen molar-refractivity contribution in [3.63, 3.8) is 0 Å². The first-order valence-corrected chi connectivity index (χ1v) is 6.52. The molecule has 0 fully saturated rings. The molecular formula is C16H14N2O4. The van der Waals surface area contributed by atoms with Gasteiger partial charge >= 0.3 is 5.97 Å². The summed E-state index contributed by atoms with van der Waals surface area (Å²) in [6.07, 6.45) is 0. The number of nitrogens with one attached hydrogen (secondary N) is 1. The van der Waals surface area contributed by atoms with Crippen LogP contribution in [0, 0.1) is 25.2 Å². The zero-order valence-electron chi connectivity index (χ0n) is 12.4. The fraction of sp³-hybridized carbons (Fsp3) is 0.188. The molecule has 6 nitrogen and oxygen atoms in total. The molecule has 112 valence electrons. The van der Waals surface area contributed by atoms with Crippen molar-refractivity contribution in [2.75, 3.05) is 5.32 Å². The standard InChI is InChI=1S/C16H14N2O4/c1-9-10(2)21-16(14(9)8-17)18-15(20)12-5-4-6-13(7-12)22-11(3)19/h4-7H,1-3H3,(H,18,20). The van der Waals surface area contributed by atoms with Gasteiger partial charge in [0.1, 0.15) is 23.1 Å². The molecule has 2 rings (SSSR count). The Labute approximate surface area is 127 Å². The number of amides is 1. The first kappa shape index (κ1) is 15.3. The summed E-state index contributed by atoms with van der Waals surface area (Å²) in [6.45, 7) is 4.74. The van der Waals surface area contributed by atoms with Gasteiger partial charge in [-0.05, 0) is 32.0 Å². The first-order chi connectivity index (χ1) is 10.4. The molecule has 6 heteroatoms. The van der Waals surface area contributed by atoms with E-state index >= 15 is 0 Å². The second-order valence-electron chi connectivity index (χ2n) is 4.67. The fourth-order valence-corrected chi connectivity index (χ4v) is 1.89. The lowest BCUT2D eigenvalue weighted by molar-refractivity contribution is -0.131. The number of hydrogen-bond acceptors (Lipinski definition) is 5. The van der Waals surface area contributed by atoms with Crippen molar-refractivity contribution in [3.8, 4) is 11.8 Å². The van der Waals surface area contributed by atoms with Crippen molar-refractivity contribution < 1.29 is 18.7 Å². The normalized spacial score (nSPS) is 9.91. The summed E-state index contributed by atoms with van der Waals surface area (Å²) >= 11 is 0. The molecule has 1 N–H and O–H groups in total. The zero-order valence-corrected chi connectivity index (χ0v) is 12.4. The van der Waals surface area contributed by atoms with Gasteiger partial charge in [0.25, 0.3) is 5.91 Å². The number of benzene rings is 1. The highest BCUT2D eigenvalue weighted by Crippen LogP contribution is 2.26. The first-order valence-electron chi connectivity index (χ1n) is 6.52. The van der Waals surface area contributed by atoms with Crippen molar-refractivity contribution >= 4 is 17.8 Å². The maximum atomic E-state index is 12.2. The molecule has 0 atom stereocenters. The maximum Gasteiger partial charge on any atom is 0.308 e. The predicted octanol–water partition coefficient (Wildman–Crippen LogP) is 2.95. The number of carbonyl (C=O) groups is 2. The molecule has 1 aromatic heterocycles. The summed E-state index contributed by atoms with van der Waals surface area (Å²) in [7, 11) is 0. The number of furan rings is 1. The Morgan fingerprint density at radius 3 is 2.68 bits per heavy atom. The van der Waals surface area contributed by atoms with Crippen LogP contribution in [0.4, 0.5) is 5.88 Å². The quantitative estimate of drug-likeness (QED) is 0.694. The minimum absolute atomic E-state index is 0.111. The van der Waals surface area contributed by atoms with Crippen molar-refractivity contribution in [1.82, 2.24) is 0 Å². The van der Waals surface area contributed by atoms with E-state index in [2.05, 4.69) is 5.32 Å². The second kappa shape index (κ2) is 6.14. The lowest BCUT2D eigenvalue weighted by atomic mass is 10.1. The average molecular weight is 298 g/mol. The molecule has 0 saturated heterocycles. The van der Waals surface area contributed by atoms with E-state index < -0.39 is 11.9 Å². The van der Waals surface area contributed by atoms with Crippen LogP contribution in [-0.4, -0.2) is 11.9 Å². The van der Waals surface area contributed by atoms with E-state index in [1.165, 1.54) is 13.0 Å². The number of ether oxygens (including phenoxy) is 1. The Morgan fingerprint density at radius 1 is 1.32 bits per heavy atom. The van der Waals surface area contributed by atoms with E-state index in [9.17, 15) is 9.59 Å². The van der Waals surface area contributed by atoms with Crippen molar-refractivity contribution in [1.29, 1.82) is 5.26 Å². The number of nitrogens with zero attached hydrogens (tertiary/aromatic N) is 1. The van der Waals surface area contributed by atoms with E-state index in [0.29, 0.717) is 16.9 Å². The summed E-state index contributed by atoms with van der Waals surface area (Å²) in [5.41, 5.74) is 1.27. The molecule has 1 heterocycles. The topological polar surface area (TPSA) is 92.3 Å². The molecule has 1 aromatic carbocycles. The Hall–Kier alpha value is -3.07. The highest BCUT2D eigenvalue weighted by molar-refractivity contribution is 6.04. The Bertz CT molecular complexity index is 784. The average Bonchev–Trinajstić information content (AvgIpc) is 2.72. The summed E-state index contributed by atoms with van der Waals surface area (Å²) in [4.78, 5) is 23.2. The van der Waals surface area contributed by atoms with Gasteiger partial charge < -0.3 is 9.15 Å². The molecule has 2 aromatic rings. The molecule has 0 radical (unpaired) electrons. The van der Waals surface area contributed by atoms with Gasteiger partial charge in [-0.25, -0.2) is 0 Å². The van der Waals surface area contributed by atoms with Crippen LogP contribution >= 0.6 is 0 Å². The summed E-state index contributed by atoms with van der Waals surface area (Å²) in [5, 5.41) is 11.7. The molecule has 0 spiro atoms. The number of rotatable bonds is 3. The number of hydrogen-bond donors (Lipinski definition) is 1. The molecule has 0 aliphatic heterocycles. The molecule has 0 aliphatic carbocycles. The van der Waals surface area contributed by atoms with Gasteiger partial charge in [-0.15, -0.1) is 0 Å². The molecule has 0 bridgehead atoms. The van der Waals surface area contributed by atoms with Gasteiger partial charge in [0, 0.05) is 18.1 Å². The van der Waals surface area contributed by atoms with Crippen LogP contribution < -0.4 is 10.1 Å². The number of aryl methyl sites for hydroxylation is 1. The van der Waals surface area contributed by atoms with Gasteiger partial charge in [0.2, 0.25) is 5.88 Å². The van der Waals surface area contributed by atoms with Gasteiger partial charge in [-0.3, -0.25) is 14.9 Å². The molecular weight excluding hydrogens is 284 g/mol.